The Morgan fingerprint density at radius 3 is 2.11 bits per heavy atom. The van der Waals surface area contributed by atoms with Crippen LogP contribution >= 0.6 is 0 Å². The second-order valence-corrected chi connectivity index (χ2v) is 7.11. The van der Waals surface area contributed by atoms with Gasteiger partial charge in [0.2, 0.25) is 0 Å². The second kappa shape index (κ2) is 6.91. The van der Waals surface area contributed by atoms with Crippen molar-refractivity contribution < 1.29 is 0 Å². The summed E-state index contributed by atoms with van der Waals surface area (Å²) in [6.07, 6.45) is 5.29. The van der Waals surface area contributed by atoms with Crippen molar-refractivity contribution in [3.8, 4) is 0 Å². The topological polar surface area (TPSA) is 29.3 Å². The summed E-state index contributed by atoms with van der Waals surface area (Å²) in [6, 6.07) is 0.591. The van der Waals surface area contributed by atoms with E-state index in [1.54, 1.807) is 0 Å². The summed E-state index contributed by atoms with van der Waals surface area (Å²) < 4.78 is 0. The first-order valence-corrected chi connectivity index (χ1v) is 7.86. The summed E-state index contributed by atoms with van der Waals surface area (Å²) >= 11 is 0. The lowest BCUT2D eigenvalue weighted by molar-refractivity contribution is 0.0585. The van der Waals surface area contributed by atoms with Gasteiger partial charge in [-0.3, -0.25) is 4.90 Å². The summed E-state index contributed by atoms with van der Waals surface area (Å²) in [5.41, 5.74) is 6.62. The molecule has 0 aromatic heterocycles. The fourth-order valence-corrected chi connectivity index (χ4v) is 3.39. The smallest absolute Gasteiger partial charge is 0.0244 e. The first kappa shape index (κ1) is 16.0. The van der Waals surface area contributed by atoms with Crippen LogP contribution in [0.4, 0.5) is 0 Å². The monoisotopic (exact) mass is 254 g/mol. The second-order valence-electron chi connectivity index (χ2n) is 7.11. The Balaban J connectivity index is 2.52. The van der Waals surface area contributed by atoms with Crippen molar-refractivity contribution >= 4 is 0 Å². The maximum Gasteiger partial charge on any atom is 0.0244 e. The van der Waals surface area contributed by atoms with Gasteiger partial charge in [-0.2, -0.15) is 0 Å². The zero-order chi connectivity index (χ0) is 13.8. The predicted octanol–water partition coefficient (Wildman–Crippen LogP) is 3.51. The molecule has 2 heteroatoms. The van der Waals surface area contributed by atoms with Gasteiger partial charge >= 0.3 is 0 Å². The zero-order valence-corrected chi connectivity index (χ0v) is 13.2. The van der Waals surface area contributed by atoms with E-state index in [1.807, 2.05) is 0 Å². The van der Waals surface area contributed by atoms with Gasteiger partial charge in [0, 0.05) is 12.6 Å². The molecule has 108 valence electrons. The van der Waals surface area contributed by atoms with Crippen molar-refractivity contribution in [1.29, 1.82) is 0 Å². The van der Waals surface area contributed by atoms with Crippen molar-refractivity contribution in [3.05, 3.63) is 0 Å². The molecule has 2 nitrogen and oxygen atoms in total. The predicted molar refractivity (Wildman–Crippen MR) is 80.7 cm³/mol. The van der Waals surface area contributed by atoms with E-state index in [-0.39, 0.29) is 0 Å². The van der Waals surface area contributed by atoms with Crippen molar-refractivity contribution in [2.24, 2.45) is 23.0 Å². The lowest BCUT2D eigenvalue weighted by atomic mass is 9.77. The molecule has 0 aliphatic carbocycles. The molecule has 1 heterocycles. The van der Waals surface area contributed by atoms with E-state index >= 15 is 0 Å². The van der Waals surface area contributed by atoms with Gasteiger partial charge in [-0.05, 0) is 49.6 Å². The van der Waals surface area contributed by atoms with Gasteiger partial charge in [-0.15, -0.1) is 0 Å². The van der Waals surface area contributed by atoms with E-state index in [9.17, 15) is 0 Å². The molecule has 0 saturated carbocycles. The molecule has 0 amide bonds. The number of piperidine rings is 1. The third-order valence-corrected chi connectivity index (χ3v) is 5.07. The highest BCUT2D eigenvalue weighted by Gasteiger charge is 2.32. The van der Waals surface area contributed by atoms with Crippen LogP contribution in [0.1, 0.15) is 60.3 Å². The number of nitrogens with zero attached hydrogens (tertiary/aromatic N) is 1. The fraction of sp³-hybridized carbons (Fsp3) is 1.00. The maximum absolute atomic E-state index is 6.04. The summed E-state index contributed by atoms with van der Waals surface area (Å²) in [7, 11) is 0. The molecule has 1 aliphatic rings. The summed E-state index contributed by atoms with van der Waals surface area (Å²) in [6.45, 7) is 15.1. The Kier molecular flexibility index (Phi) is 6.13. The van der Waals surface area contributed by atoms with Crippen molar-refractivity contribution in [1.82, 2.24) is 4.90 Å². The van der Waals surface area contributed by atoms with Crippen LogP contribution in [0.15, 0.2) is 0 Å². The molecule has 1 rings (SSSR count). The van der Waals surface area contributed by atoms with E-state index in [0.29, 0.717) is 11.5 Å². The van der Waals surface area contributed by atoms with Gasteiger partial charge < -0.3 is 5.73 Å². The molecule has 0 bridgehead atoms. The molecule has 2 N–H and O–H groups in total. The minimum atomic E-state index is 0.580. The summed E-state index contributed by atoms with van der Waals surface area (Å²) in [5, 5.41) is 0. The quantitative estimate of drug-likeness (QED) is 0.786. The van der Waals surface area contributed by atoms with E-state index < -0.39 is 0 Å². The average molecular weight is 254 g/mol. The Labute approximate surface area is 114 Å². The molecule has 1 saturated heterocycles. The average Bonchev–Trinajstić information content (AvgIpc) is 2.32. The fourth-order valence-electron chi connectivity index (χ4n) is 3.39. The third-order valence-electron chi connectivity index (χ3n) is 5.07. The van der Waals surface area contributed by atoms with Gasteiger partial charge in [0.05, 0.1) is 0 Å². The largest absolute Gasteiger partial charge is 0.329 e. The molecule has 1 aliphatic heterocycles. The number of rotatable bonds is 6. The maximum atomic E-state index is 6.04. The molecule has 18 heavy (non-hydrogen) atoms. The van der Waals surface area contributed by atoms with Crippen LogP contribution < -0.4 is 5.73 Å². The number of hydrogen-bond donors (Lipinski definition) is 1. The summed E-state index contributed by atoms with van der Waals surface area (Å²) in [4.78, 5) is 2.66. The first-order chi connectivity index (χ1) is 8.41. The third kappa shape index (κ3) is 4.24. The van der Waals surface area contributed by atoms with E-state index in [4.69, 9.17) is 5.73 Å². The normalized spacial score (nSPS) is 24.2. The number of likely N-dealkylation sites (tertiary alicyclic amines) is 1. The van der Waals surface area contributed by atoms with Crippen molar-refractivity contribution in [2.75, 3.05) is 19.6 Å². The van der Waals surface area contributed by atoms with Gasteiger partial charge in [0.1, 0.15) is 0 Å². The Bertz CT molecular complexity index is 229. The van der Waals surface area contributed by atoms with Gasteiger partial charge in [-0.25, -0.2) is 0 Å². The molecule has 0 radical (unpaired) electrons. The Morgan fingerprint density at radius 1 is 1.17 bits per heavy atom. The minimum absolute atomic E-state index is 0.580. The highest BCUT2D eigenvalue weighted by molar-refractivity contribution is 4.87. The zero-order valence-electron chi connectivity index (χ0n) is 13.2. The van der Waals surface area contributed by atoms with Gasteiger partial charge in [-0.1, -0.05) is 41.0 Å². The number of hydrogen-bond acceptors (Lipinski definition) is 2. The van der Waals surface area contributed by atoms with E-state index in [1.165, 1.54) is 38.8 Å². The van der Waals surface area contributed by atoms with Crippen molar-refractivity contribution in [2.45, 2.75) is 66.3 Å². The lowest BCUT2D eigenvalue weighted by Crippen LogP contribution is -2.50. The molecule has 0 aromatic rings. The molecule has 0 aromatic carbocycles. The highest BCUT2D eigenvalue weighted by atomic mass is 15.2. The Hall–Kier alpha value is -0.0800. The molecule has 0 spiro atoms. The van der Waals surface area contributed by atoms with Gasteiger partial charge in [0.25, 0.3) is 0 Å². The standard InChI is InChI=1S/C16H34N2/c1-6-16(5)7-9-18(10-8-16)15(12-17)14(4)11-13(2)3/h13-15H,6-12,17H2,1-5H3. The van der Waals surface area contributed by atoms with Crippen LogP contribution in [0, 0.1) is 17.3 Å². The van der Waals surface area contributed by atoms with Crippen LogP contribution in [-0.4, -0.2) is 30.6 Å². The van der Waals surface area contributed by atoms with E-state index in [0.717, 1.165) is 18.4 Å². The minimum Gasteiger partial charge on any atom is -0.329 e. The molecular formula is C16H34N2. The highest BCUT2D eigenvalue weighted by Crippen LogP contribution is 2.35. The molecule has 2 unspecified atom stereocenters. The summed E-state index contributed by atoms with van der Waals surface area (Å²) in [5.74, 6) is 1.50. The van der Waals surface area contributed by atoms with Crippen LogP contribution in [0.3, 0.4) is 0 Å². The Morgan fingerprint density at radius 2 is 1.72 bits per heavy atom. The SMILES string of the molecule is CCC1(C)CCN(C(CN)C(C)CC(C)C)CC1. The molecule has 1 fully saturated rings. The van der Waals surface area contributed by atoms with Gasteiger partial charge in [0.15, 0.2) is 0 Å². The number of nitrogens with two attached hydrogens (primary N) is 1. The lowest BCUT2D eigenvalue weighted by Gasteiger charge is -2.44. The van der Waals surface area contributed by atoms with Crippen LogP contribution in [0.2, 0.25) is 0 Å². The van der Waals surface area contributed by atoms with Crippen LogP contribution in [-0.2, 0) is 0 Å². The molecule has 2 atom stereocenters. The van der Waals surface area contributed by atoms with Crippen LogP contribution in [0.5, 0.6) is 0 Å². The molecular weight excluding hydrogens is 220 g/mol. The van der Waals surface area contributed by atoms with E-state index in [2.05, 4.69) is 39.5 Å². The van der Waals surface area contributed by atoms with Crippen LogP contribution in [0.25, 0.3) is 0 Å². The van der Waals surface area contributed by atoms with Crippen molar-refractivity contribution in [3.63, 3.8) is 0 Å². The first-order valence-electron chi connectivity index (χ1n) is 7.86.